The van der Waals surface area contributed by atoms with E-state index >= 15 is 0 Å². The van der Waals surface area contributed by atoms with E-state index in [4.69, 9.17) is 20.8 Å². The number of hydrogen-bond donors (Lipinski definition) is 1. The molecule has 0 spiro atoms. The zero-order valence-electron chi connectivity index (χ0n) is 17.2. The molecule has 0 amide bonds. The number of aryl methyl sites for hydroxylation is 1. The lowest BCUT2D eigenvalue weighted by atomic mass is 10.1. The van der Waals surface area contributed by atoms with Crippen LogP contribution in [0.25, 0.3) is 11.5 Å². The van der Waals surface area contributed by atoms with Crippen LogP contribution in [0.4, 0.5) is 0 Å². The van der Waals surface area contributed by atoms with Crippen molar-refractivity contribution in [1.29, 1.82) is 0 Å². The topological polar surface area (TPSA) is 111 Å². The summed E-state index contributed by atoms with van der Waals surface area (Å²) in [5.41, 5.74) is 1.59. The van der Waals surface area contributed by atoms with E-state index in [0.29, 0.717) is 10.6 Å². The van der Waals surface area contributed by atoms with Gasteiger partial charge in [-0.2, -0.15) is 4.72 Å². The molecule has 1 atom stereocenters. The Morgan fingerprint density at radius 1 is 1.10 bits per heavy atom. The Bertz CT molecular complexity index is 1140. The summed E-state index contributed by atoms with van der Waals surface area (Å²) >= 11 is 5.86. The molecule has 10 heteroatoms. The number of nitrogens with zero attached hydrogens (tertiary/aromatic N) is 2. The number of benzene rings is 2. The highest BCUT2D eigenvalue weighted by Crippen LogP contribution is 2.21. The average molecular weight is 464 g/mol. The Kier molecular flexibility index (Phi) is 7.09. The van der Waals surface area contributed by atoms with Gasteiger partial charge in [0, 0.05) is 10.6 Å². The number of halogens is 1. The maximum Gasteiger partial charge on any atom is 0.324 e. The quantitative estimate of drug-likeness (QED) is 0.506. The van der Waals surface area contributed by atoms with Gasteiger partial charge in [-0.3, -0.25) is 4.79 Å². The van der Waals surface area contributed by atoms with Crippen LogP contribution < -0.4 is 4.72 Å². The summed E-state index contributed by atoms with van der Waals surface area (Å²) in [4.78, 5) is 12.7. The van der Waals surface area contributed by atoms with Gasteiger partial charge in [0.05, 0.1) is 4.90 Å². The molecule has 0 unspecified atom stereocenters. The van der Waals surface area contributed by atoms with Gasteiger partial charge in [0.2, 0.25) is 15.9 Å². The molecule has 0 radical (unpaired) electrons. The summed E-state index contributed by atoms with van der Waals surface area (Å²) in [6, 6.07) is 12.1. The van der Waals surface area contributed by atoms with Crippen LogP contribution in [0.15, 0.2) is 57.8 Å². The fraction of sp³-hybridized carbons (Fsp3) is 0.286. The van der Waals surface area contributed by atoms with Gasteiger partial charge in [-0.25, -0.2) is 8.42 Å². The van der Waals surface area contributed by atoms with E-state index < -0.39 is 22.0 Å². The van der Waals surface area contributed by atoms with E-state index in [2.05, 4.69) is 14.9 Å². The molecule has 1 N–H and O–H groups in total. The summed E-state index contributed by atoms with van der Waals surface area (Å²) in [6.45, 7) is 5.01. The molecule has 3 rings (SSSR count). The largest absolute Gasteiger partial charge is 0.454 e. The van der Waals surface area contributed by atoms with Crippen molar-refractivity contribution >= 4 is 27.6 Å². The van der Waals surface area contributed by atoms with Crippen molar-refractivity contribution in [1.82, 2.24) is 14.9 Å². The maximum atomic E-state index is 12.7. The zero-order chi connectivity index (χ0) is 22.6. The van der Waals surface area contributed by atoms with Crippen molar-refractivity contribution in [3.63, 3.8) is 0 Å². The van der Waals surface area contributed by atoms with Crippen molar-refractivity contribution < 1.29 is 22.4 Å². The standard InChI is InChI=1S/C21H22ClN3O5S/c1-13(2)19(25-31(27,28)17-10-4-14(3)5-11-17)21(26)29-12-18-23-24-20(30-18)15-6-8-16(22)9-7-15/h4-11,13,19,25H,12H2,1-3H3/t19-/m0/s1. The van der Waals surface area contributed by atoms with Crippen LogP contribution in [-0.2, 0) is 26.2 Å². The SMILES string of the molecule is Cc1ccc(S(=O)(=O)N[C@H](C(=O)OCc2nnc(-c3ccc(Cl)cc3)o2)C(C)C)cc1. The minimum absolute atomic E-state index is 0.0704. The van der Waals surface area contributed by atoms with Gasteiger partial charge in [-0.1, -0.05) is 43.1 Å². The Morgan fingerprint density at radius 2 is 1.74 bits per heavy atom. The van der Waals surface area contributed by atoms with Crippen LogP contribution in [0.5, 0.6) is 0 Å². The summed E-state index contributed by atoms with van der Waals surface area (Å²) < 4.78 is 38.5. The van der Waals surface area contributed by atoms with Crippen molar-refractivity contribution in [3.8, 4) is 11.5 Å². The van der Waals surface area contributed by atoms with Gasteiger partial charge < -0.3 is 9.15 Å². The Hall–Kier alpha value is -2.75. The van der Waals surface area contributed by atoms with E-state index in [1.54, 1.807) is 50.2 Å². The molecule has 0 fully saturated rings. The van der Waals surface area contributed by atoms with Crippen LogP contribution in [-0.4, -0.2) is 30.6 Å². The minimum atomic E-state index is -3.90. The molecule has 0 bridgehead atoms. The molecule has 1 heterocycles. The molecule has 0 aliphatic carbocycles. The lowest BCUT2D eigenvalue weighted by molar-refractivity contribution is -0.148. The van der Waals surface area contributed by atoms with Gasteiger partial charge in [-0.05, 0) is 49.2 Å². The van der Waals surface area contributed by atoms with Gasteiger partial charge >= 0.3 is 5.97 Å². The zero-order valence-corrected chi connectivity index (χ0v) is 18.8. The number of esters is 1. The molecule has 164 valence electrons. The number of sulfonamides is 1. The first-order valence-electron chi connectivity index (χ1n) is 9.49. The average Bonchev–Trinajstić information content (AvgIpc) is 3.20. The van der Waals surface area contributed by atoms with Gasteiger partial charge in [0.15, 0.2) is 6.61 Å². The molecule has 0 aliphatic rings. The van der Waals surface area contributed by atoms with Crippen LogP contribution >= 0.6 is 11.6 Å². The number of aromatic nitrogens is 2. The highest BCUT2D eigenvalue weighted by molar-refractivity contribution is 7.89. The highest BCUT2D eigenvalue weighted by atomic mass is 35.5. The second kappa shape index (κ2) is 9.59. The summed E-state index contributed by atoms with van der Waals surface area (Å²) in [6.07, 6.45) is 0. The second-order valence-electron chi connectivity index (χ2n) is 7.27. The number of ether oxygens (including phenoxy) is 1. The maximum absolute atomic E-state index is 12.7. The van der Waals surface area contributed by atoms with Crippen LogP contribution in [0.3, 0.4) is 0 Å². The number of carbonyl (C=O) groups excluding carboxylic acids is 1. The Labute approximate surface area is 185 Å². The van der Waals surface area contributed by atoms with Crippen molar-refractivity contribution in [3.05, 3.63) is 65.0 Å². The van der Waals surface area contributed by atoms with Crippen molar-refractivity contribution in [2.75, 3.05) is 0 Å². The first-order valence-corrected chi connectivity index (χ1v) is 11.4. The minimum Gasteiger partial charge on any atom is -0.454 e. The third-order valence-corrected chi connectivity index (χ3v) is 6.14. The lowest BCUT2D eigenvalue weighted by Gasteiger charge is -2.20. The monoisotopic (exact) mass is 463 g/mol. The summed E-state index contributed by atoms with van der Waals surface area (Å²) in [5.74, 6) is -0.748. The van der Waals surface area contributed by atoms with Crippen LogP contribution in [0.2, 0.25) is 5.02 Å². The Balaban J connectivity index is 1.66. The highest BCUT2D eigenvalue weighted by Gasteiger charge is 2.30. The second-order valence-corrected chi connectivity index (χ2v) is 9.42. The molecule has 0 saturated heterocycles. The summed E-state index contributed by atoms with van der Waals surface area (Å²) in [5, 5.41) is 8.35. The fourth-order valence-corrected chi connectivity index (χ4v) is 4.11. The molecule has 3 aromatic rings. The van der Waals surface area contributed by atoms with Crippen LogP contribution in [0.1, 0.15) is 25.3 Å². The number of hydrogen-bond acceptors (Lipinski definition) is 7. The molecular weight excluding hydrogens is 442 g/mol. The first kappa shape index (κ1) is 22.9. The van der Waals surface area contributed by atoms with E-state index in [9.17, 15) is 13.2 Å². The number of nitrogens with one attached hydrogen (secondary N) is 1. The van der Waals surface area contributed by atoms with Gasteiger partial charge in [0.1, 0.15) is 6.04 Å². The smallest absolute Gasteiger partial charge is 0.324 e. The molecule has 0 aliphatic heterocycles. The fourth-order valence-electron chi connectivity index (χ4n) is 2.65. The molecule has 1 aromatic heterocycles. The van der Waals surface area contributed by atoms with E-state index in [0.717, 1.165) is 5.56 Å². The molecule has 31 heavy (non-hydrogen) atoms. The predicted octanol–water partition coefficient (Wildman–Crippen LogP) is 3.74. The summed E-state index contributed by atoms with van der Waals surface area (Å²) in [7, 11) is -3.90. The van der Waals surface area contributed by atoms with E-state index in [1.807, 2.05) is 6.92 Å². The molecule has 2 aromatic carbocycles. The third-order valence-electron chi connectivity index (χ3n) is 4.43. The first-order chi connectivity index (χ1) is 14.7. The van der Waals surface area contributed by atoms with E-state index in [1.165, 1.54) is 12.1 Å². The predicted molar refractivity (Wildman–Crippen MR) is 115 cm³/mol. The Morgan fingerprint density at radius 3 is 2.35 bits per heavy atom. The van der Waals surface area contributed by atoms with Crippen molar-refractivity contribution in [2.24, 2.45) is 5.92 Å². The number of rotatable bonds is 8. The number of carbonyl (C=O) groups is 1. The normalized spacial score (nSPS) is 12.7. The third kappa shape index (κ3) is 5.90. The van der Waals surface area contributed by atoms with Gasteiger partial charge in [0.25, 0.3) is 5.89 Å². The molecular formula is C21H22ClN3O5S. The molecule has 8 nitrogen and oxygen atoms in total. The van der Waals surface area contributed by atoms with Gasteiger partial charge in [-0.15, -0.1) is 10.2 Å². The van der Waals surface area contributed by atoms with Crippen molar-refractivity contribution in [2.45, 2.75) is 38.3 Å². The molecule has 0 saturated carbocycles. The van der Waals surface area contributed by atoms with Crippen LogP contribution in [0, 0.1) is 12.8 Å². The van der Waals surface area contributed by atoms with E-state index in [-0.39, 0.29) is 29.2 Å². The lowest BCUT2D eigenvalue weighted by Crippen LogP contribution is -2.45.